The second kappa shape index (κ2) is 6.22. The van der Waals surface area contributed by atoms with E-state index in [9.17, 15) is 4.79 Å². The first kappa shape index (κ1) is 15.7. The van der Waals surface area contributed by atoms with Crippen molar-refractivity contribution in [1.29, 1.82) is 0 Å². The topological polar surface area (TPSA) is 50.2 Å². The highest BCUT2D eigenvalue weighted by Gasteiger charge is 2.13. The number of benzene rings is 2. The molecule has 1 N–H and O–H groups in total. The lowest BCUT2D eigenvalue weighted by molar-refractivity contribution is 0.862. The Morgan fingerprint density at radius 3 is 2.52 bits per heavy atom. The number of nitrogens with one attached hydrogen (secondary N) is 1. The fourth-order valence-corrected chi connectivity index (χ4v) is 3.08. The molecule has 2 aromatic carbocycles. The summed E-state index contributed by atoms with van der Waals surface area (Å²) in [5.41, 5.74) is 4.89. The Labute approximate surface area is 149 Å². The van der Waals surface area contributed by atoms with Crippen molar-refractivity contribution in [2.75, 3.05) is 0 Å². The van der Waals surface area contributed by atoms with Gasteiger partial charge in [0, 0.05) is 28.8 Å². The zero-order chi connectivity index (χ0) is 17.4. The van der Waals surface area contributed by atoms with Crippen LogP contribution in [0.15, 0.2) is 65.5 Å². The fourth-order valence-electron chi connectivity index (χ4n) is 2.95. The van der Waals surface area contributed by atoms with Crippen LogP contribution >= 0.6 is 11.6 Å². The average molecular weight is 350 g/mol. The number of aromatic nitrogens is 3. The third kappa shape index (κ3) is 2.96. The minimum absolute atomic E-state index is 0.0634. The zero-order valence-corrected chi connectivity index (χ0v) is 14.4. The van der Waals surface area contributed by atoms with Crippen LogP contribution in [-0.2, 0) is 6.42 Å². The molecule has 2 aromatic heterocycles. The van der Waals surface area contributed by atoms with Gasteiger partial charge in [0.1, 0.15) is 0 Å². The van der Waals surface area contributed by atoms with E-state index >= 15 is 0 Å². The molecule has 0 aliphatic heterocycles. The van der Waals surface area contributed by atoms with Crippen LogP contribution in [0.1, 0.15) is 16.8 Å². The highest BCUT2D eigenvalue weighted by molar-refractivity contribution is 6.30. The second-order valence-electron chi connectivity index (χ2n) is 6.01. The highest BCUT2D eigenvalue weighted by atomic mass is 35.5. The van der Waals surface area contributed by atoms with Crippen LogP contribution in [0.4, 0.5) is 0 Å². The number of aryl methyl sites for hydroxylation is 1. The van der Waals surface area contributed by atoms with Crippen LogP contribution in [0.5, 0.6) is 0 Å². The van der Waals surface area contributed by atoms with E-state index < -0.39 is 0 Å². The predicted octanol–water partition coefficient (Wildman–Crippen LogP) is 4.24. The maximum absolute atomic E-state index is 12.9. The summed E-state index contributed by atoms with van der Waals surface area (Å²) in [5, 5.41) is 3.83. The summed E-state index contributed by atoms with van der Waals surface area (Å²) in [7, 11) is 0. The molecule has 4 rings (SSSR count). The largest absolute Gasteiger partial charge is 0.289 e. The molecule has 0 atom stereocenters. The summed E-state index contributed by atoms with van der Waals surface area (Å²) in [6.45, 7) is 1.88. The third-order valence-corrected chi connectivity index (χ3v) is 4.55. The first-order chi connectivity index (χ1) is 12.1. The molecule has 5 heteroatoms. The Bertz CT molecular complexity index is 1100. The quantitative estimate of drug-likeness (QED) is 0.601. The van der Waals surface area contributed by atoms with Crippen molar-refractivity contribution >= 4 is 17.2 Å². The zero-order valence-electron chi connectivity index (χ0n) is 13.7. The highest BCUT2D eigenvalue weighted by Crippen LogP contribution is 2.21. The Morgan fingerprint density at radius 2 is 1.80 bits per heavy atom. The van der Waals surface area contributed by atoms with E-state index in [1.165, 1.54) is 4.52 Å². The Kier molecular flexibility index (Phi) is 3.90. The first-order valence-corrected chi connectivity index (χ1v) is 8.41. The van der Waals surface area contributed by atoms with Gasteiger partial charge in [-0.25, -0.2) is 9.50 Å². The lowest BCUT2D eigenvalue weighted by Crippen LogP contribution is -2.22. The van der Waals surface area contributed by atoms with Gasteiger partial charge < -0.3 is 0 Å². The van der Waals surface area contributed by atoms with Crippen molar-refractivity contribution in [3.05, 3.63) is 92.9 Å². The molecule has 0 radical (unpaired) electrons. The number of halogens is 1. The fraction of sp³-hybridized carbons (Fsp3) is 0.100. The third-order valence-electron chi connectivity index (χ3n) is 4.29. The monoisotopic (exact) mass is 349 g/mol. The number of rotatable bonds is 3. The van der Waals surface area contributed by atoms with E-state index in [0.717, 1.165) is 22.5 Å². The minimum atomic E-state index is -0.0634. The van der Waals surface area contributed by atoms with Gasteiger partial charge in [-0.1, -0.05) is 54.1 Å². The Morgan fingerprint density at radius 1 is 1.08 bits per heavy atom. The first-order valence-electron chi connectivity index (χ1n) is 8.03. The Balaban J connectivity index is 1.82. The molecule has 4 nitrogen and oxygen atoms in total. The molecular weight excluding hydrogens is 334 g/mol. The molecular formula is C20H16ClN3O. The van der Waals surface area contributed by atoms with E-state index in [1.807, 2.05) is 67.6 Å². The van der Waals surface area contributed by atoms with Gasteiger partial charge in [0.05, 0.1) is 5.69 Å². The van der Waals surface area contributed by atoms with Crippen molar-refractivity contribution < 1.29 is 0 Å². The number of hydrogen-bond acceptors (Lipinski definition) is 2. The summed E-state index contributed by atoms with van der Waals surface area (Å²) in [6, 6.07) is 19.3. The smallest absolute Gasteiger partial charge is 0.276 e. The number of nitrogens with zero attached hydrogens (tertiary/aromatic N) is 2. The van der Waals surface area contributed by atoms with Gasteiger partial charge in [-0.05, 0) is 30.2 Å². The molecule has 25 heavy (non-hydrogen) atoms. The van der Waals surface area contributed by atoms with E-state index in [1.54, 1.807) is 0 Å². The maximum Gasteiger partial charge on any atom is 0.276 e. The molecule has 0 spiro atoms. The molecule has 2 heterocycles. The molecule has 0 saturated carbocycles. The molecule has 0 amide bonds. The van der Waals surface area contributed by atoms with Gasteiger partial charge >= 0.3 is 0 Å². The SMILES string of the molecule is Cc1nc2cc(-c3ccc(Cl)cc3)[nH]n2c(=O)c1Cc1ccccc1. The number of aromatic amines is 1. The lowest BCUT2D eigenvalue weighted by atomic mass is 10.1. The van der Waals surface area contributed by atoms with E-state index in [4.69, 9.17) is 11.6 Å². The van der Waals surface area contributed by atoms with Gasteiger partial charge in [0.15, 0.2) is 5.65 Å². The maximum atomic E-state index is 12.9. The summed E-state index contributed by atoms with van der Waals surface area (Å²) in [4.78, 5) is 17.5. The van der Waals surface area contributed by atoms with Crippen LogP contribution in [-0.4, -0.2) is 14.6 Å². The van der Waals surface area contributed by atoms with Gasteiger partial charge in [-0.2, -0.15) is 0 Å². The van der Waals surface area contributed by atoms with Crippen molar-refractivity contribution in [3.63, 3.8) is 0 Å². The molecule has 124 valence electrons. The molecule has 0 bridgehead atoms. The average Bonchev–Trinajstić information content (AvgIpc) is 3.04. The van der Waals surface area contributed by atoms with Gasteiger partial charge in [-0.3, -0.25) is 9.89 Å². The van der Waals surface area contributed by atoms with Crippen molar-refractivity contribution in [2.45, 2.75) is 13.3 Å². The molecule has 0 saturated heterocycles. The summed E-state index contributed by atoms with van der Waals surface area (Å²) >= 11 is 5.94. The van der Waals surface area contributed by atoms with Crippen molar-refractivity contribution in [1.82, 2.24) is 14.6 Å². The van der Waals surface area contributed by atoms with E-state index in [0.29, 0.717) is 22.7 Å². The van der Waals surface area contributed by atoms with Gasteiger partial charge in [0.25, 0.3) is 5.56 Å². The Hall–Kier alpha value is -2.85. The molecule has 0 aliphatic rings. The second-order valence-corrected chi connectivity index (χ2v) is 6.45. The minimum Gasteiger partial charge on any atom is -0.289 e. The van der Waals surface area contributed by atoms with Crippen LogP contribution in [0.3, 0.4) is 0 Å². The summed E-state index contributed by atoms with van der Waals surface area (Å²) in [6.07, 6.45) is 0.566. The predicted molar refractivity (Wildman–Crippen MR) is 100 cm³/mol. The summed E-state index contributed by atoms with van der Waals surface area (Å²) in [5.74, 6) is 0. The van der Waals surface area contributed by atoms with Crippen LogP contribution < -0.4 is 5.56 Å². The molecule has 0 fully saturated rings. The van der Waals surface area contributed by atoms with Crippen LogP contribution in [0.2, 0.25) is 5.02 Å². The van der Waals surface area contributed by atoms with E-state index in [2.05, 4.69) is 10.1 Å². The molecule has 4 aromatic rings. The molecule has 0 aliphatic carbocycles. The van der Waals surface area contributed by atoms with Gasteiger partial charge in [-0.15, -0.1) is 0 Å². The lowest BCUT2D eigenvalue weighted by Gasteiger charge is -2.05. The normalized spacial score (nSPS) is 11.1. The molecule has 0 unspecified atom stereocenters. The van der Waals surface area contributed by atoms with Crippen molar-refractivity contribution in [3.8, 4) is 11.3 Å². The number of fused-ring (bicyclic) bond motifs is 1. The van der Waals surface area contributed by atoms with Crippen LogP contribution in [0.25, 0.3) is 16.9 Å². The van der Waals surface area contributed by atoms with E-state index in [-0.39, 0.29) is 5.56 Å². The summed E-state index contributed by atoms with van der Waals surface area (Å²) < 4.78 is 1.51. The van der Waals surface area contributed by atoms with Crippen LogP contribution in [0, 0.1) is 6.92 Å². The standard InChI is InChI=1S/C20H16ClN3O/c1-13-17(11-14-5-3-2-4-6-14)20(25)24-19(22-13)12-18(23-24)15-7-9-16(21)10-8-15/h2-10,12,23H,11H2,1H3. The van der Waals surface area contributed by atoms with Crippen molar-refractivity contribution in [2.24, 2.45) is 0 Å². The number of hydrogen-bond donors (Lipinski definition) is 1. The van der Waals surface area contributed by atoms with Gasteiger partial charge in [0.2, 0.25) is 0 Å². The number of H-pyrrole nitrogens is 1.